The van der Waals surface area contributed by atoms with Crippen molar-refractivity contribution < 1.29 is 19.3 Å². The van der Waals surface area contributed by atoms with Crippen LogP contribution in [-0.2, 0) is 19.7 Å². The number of phenols is 1. The van der Waals surface area contributed by atoms with Crippen LogP contribution in [0.25, 0.3) is 0 Å². The van der Waals surface area contributed by atoms with Crippen LogP contribution in [-0.4, -0.2) is 16.8 Å². The Morgan fingerprint density at radius 3 is 2.68 bits per heavy atom. The van der Waals surface area contributed by atoms with Gasteiger partial charge in [-0.25, -0.2) is 4.39 Å². The molecule has 118 valence electrons. The number of aliphatic hydroxyl groups excluding tert-OH is 1. The van der Waals surface area contributed by atoms with Crippen molar-refractivity contribution in [3.8, 4) is 11.5 Å². The van der Waals surface area contributed by atoms with Crippen LogP contribution in [0.1, 0.15) is 23.6 Å². The van der Waals surface area contributed by atoms with Gasteiger partial charge in [-0.05, 0) is 30.7 Å². The first-order chi connectivity index (χ1) is 10.7. The van der Waals surface area contributed by atoms with Crippen LogP contribution in [0.5, 0.6) is 11.5 Å². The Morgan fingerprint density at radius 2 is 1.95 bits per heavy atom. The number of halogens is 1. The average Bonchev–Trinajstić information content (AvgIpc) is 2.52. The number of ether oxygens (including phenoxy) is 1. The van der Waals surface area contributed by atoms with Crippen LogP contribution in [0, 0.1) is 5.82 Å². The van der Waals surface area contributed by atoms with E-state index in [1.54, 1.807) is 18.2 Å². The summed E-state index contributed by atoms with van der Waals surface area (Å²) >= 11 is 0. The summed E-state index contributed by atoms with van der Waals surface area (Å²) in [6.45, 7) is 2.99. The zero-order chi connectivity index (χ0) is 15.9. The molecule has 22 heavy (non-hydrogen) atoms. The van der Waals surface area contributed by atoms with Crippen molar-refractivity contribution in [1.29, 1.82) is 0 Å². The zero-order valence-corrected chi connectivity index (χ0v) is 12.5. The third kappa shape index (κ3) is 3.96. The van der Waals surface area contributed by atoms with Gasteiger partial charge in [-0.1, -0.05) is 18.2 Å². The molecule has 0 heterocycles. The topological polar surface area (TPSA) is 61.7 Å². The Balaban J connectivity index is 1.98. The molecule has 0 atom stereocenters. The lowest BCUT2D eigenvalue weighted by Crippen LogP contribution is -2.13. The van der Waals surface area contributed by atoms with E-state index >= 15 is 0 Å². The minimum absolute atomic E-state index is 0.131. The molecule has 0 amide bonds. The number of aromatic hydroxyl groups is 1. The van der Waals surface area contributed by atoms with Crippen molar-refractivity contribution in [2.75, 3.05) is 6.61 Å². The lowest BCUT2D eigenvalue weighted by Gasteiger charge is -2.11. The third-order valence-electron chi connectivity index (χ3n) is 3.31. The SMILES string of the molecule is CCOc1cccc(CNCc2ccc(F)c(CO)c2)c1O. The Morgan fingerprint density at radius 1 is 1.14 bits per heavy atom. The lowest BCUT2D eigenvalue weighted by atomic mass is 10.1. The maximum atomic E-state index is 13.3. The summed E-state index contributed by atoms with van der Waals surface area (Å²) in [5.74, 6) is 0.187. The van der Waals surface area contributed by atoms with E-state index in [9.17, 15) is 9.50 Å². The molecular weight excluding hydrogens is 285 g/mol. The quantitative estimate of drug-likeness (QED) is 0.736. The summed E-state index contributed by atoms with van der Waals surface area (Å²) in [6, 6.07) is 9.99. The van der Waals surface area contributed by atoms with Gasteiger partial charge in [0, 0.05) is 24.2 Å². The number of phenolic OH excluding ortho intramolecular Hbond substituents is 1. The summed E-state index contributed by atoms with van der Waals surface area (Å²) < 4.78 is 18.6. The van der Waals surface area contributed by atoms with Crippen molar-refractivity contribution in [3.05, 3.63) is 58.9 Å². The van der Waals surface area contributed by atoms with Crippen LogP contribution in [0.3, 0.4) is 0 Å². The maximum Gasteiger partial charge on any atom is 0.162 e. The van der Waals surface area contributed by atoms with E-state index in [2.05, 4.69) is 5.32 Å². The van der Waals surface area contributed by atoms with Gasteiger partial charge >= 0.3 is 0 Å². The largest absolute Gasteiger partial charge is 0.504 e. The summed E-state index contributed by atoms with van der Waals surface area (Å²) in [4.78, 5) is 0. The van der Waals surface area contributed by atoms with Crippen LogP contribution in [0.15, 0.2) is 36.4 Å². The Hall–Kier alpha value is -2.11. The van der Waals surface area contributed by atoms with Gasteiger partial charge in [0.15, 0.2) is 11.5 Å². The molecule has 0 aromatic heterocycles. The number of nitrogens with one attached hydrogen (secondary N) is 1. The van der Waals surface area contributed by atoms with Gasteiger partial charge in [-0.2, -0.15) is 0 Å². The van der Waals surface area contributed by atoms with Gasteiger partial charge in [-0.15, -0.1) is 0 Å². The molecule has 0 aliphatic carbocycles. The van der Waals surface area contributed by atoms with E-state index in [0.29, 0.717) is 25.4 Å². The molecule has 0 unspecified atom stereocenters. The molecule has 5 heteroatoms. The fraction of sp³-hybridized carbons (Fsp3) is 0.294. The number of benzene rings is 2. The van der Waals surface area contributed by atoms with Crippen LogP contribution >= 0.6 is 0 Å². The molecule has 0 aliphatic rings. The van der Waals surface area contributed by atoms with Crippen LogP contribution < -0.4 is 10.1 Å². The van der Waals surface area contributed by atoms with Gasteiger partial charge in [0.2, 0.25) is 0 Å². The van der Waals surface area contributed by atoms with Gasteiger partial charge in [0.05, 0.1) is 13.2 Å². The molecule has 3 N–H and O–H groups in total. The first-order valence-corrected chi connectivity index (χ1v) is 7.18. The van der Waals surface area contributed by atoms with E-state index in [4.69, 9.17) is 9.84 Å². The number of aliphatic hydroxyl groups is 1. The lowest BCUT2D eigenvalue weighted by molar-refractivity contribution is 0.275. The van der Waals surface area contributed by atoms with Crippen molar-refractivity contribution in [2.24, 2.45) is 0 Å². The second-order valence-corrected chi connectivity index (χ2v) is 4.88. The van der Waals surface area contributed by atoms with Gasteiger partial charge in [-0.3, -0.25) is 0 Å². The van der Waals surface area contributed by atoms with Crippen molar-refractivity contribution >= 4 is 0 Å². The second-order valence-electron chi connectivity index (χ2n) is 4.88. The Bertz CT molecular complexity index is 631. The average molecular weight is 305 g/mol. The number of hydrogen-bond donors (Lipinski definition) is 3. The maximum absolute atomic E-state index is 13.3. The highest BCUT2D eigenvalue weighted by Crippen LogP contribution is 2.29. The van der Waals surface area contributed by atoms with Crippen molar-refractivity contribution in [2.45, 2.75) is 26.6 Å². The van der Waals surface area contributed by atoms with E-state index < -0.39 is 5.82 Å². The van der Waals surface area contributed by atoms with E-state index in [1.807, 2.05) is 19.1 Å². The zero-order valence-electron chi connectivity index (χ0n) is 12.5. The molecule has 2 aromatic carbocycles. The number of para-hydroxylation sites is 1. The molecule has 0 saturated heterocycles. The molecule has 0 fully saturated rings. The van der Waals surface area contributed by atoms with E-state index in [1.165, 1.54) is 6.07 Å². The molecule has 0 bridgehead atoms. The molecule has 0 spiro atoms. The molecule has 0 saturated carbocycles. The monoisotopic (exact) mass is 305 g/mol. The molecule has 2 aromatic rings. The van der Waals surface area contributed by atoms with Crippen molar-refractivity contribution in [1.82, 2.24) is 5.32 Å². The fourth-order valence-electron chi connectivity index (χ4n) is 2.18. The molecule has 2 rings (SSSR count). The summed E-state index contributed by atoms with van der Waals surface area (Å²) in [5, 5.41) is 22.3. The highest BCUT2D eigenvalue weighted by molar-refractivity contribution is 5.45. The number of rotatable bonds is 7. The van der Waals surface area contributed by atoms with Gasteiger partial charge in [0.1, 0.15) is 5.82 Å². The summed E-state index contributed by atoms with van der Waals surface area (Å²) in [7, 11) is 0. The fourth-order valence-corrected chi connectivity index (χ4v) is 2.18. The van der Waals surface area contributed by atoms with Gasteiger partial charge < -0.3 is 20.3 Å². The molecule has 0 radical (unpaired) electrons. The minimum Gasteiger partial charge on any atom is -0.504 e. The molecule has 4 nitrogen and oxygen atoms in total. The smallest absolute Gasteiger partial charge is 0.162 e. The summed E-state index contributed by atoms with van der Waals surface area (Å²) in [5.41, 5.74) is 1.88. The highest BCUT2D eigenvalue weighted by Gasteiger charge is 2.08. The number of hydrogen-bond acceptors (Lipinski definition) is 4. The van der Waals surface area contributed by atoms with E-state index in [-0.39, 0.29) is 17.9 Å². The Labute approximate surface area is 129 Å². The Kier molecular flexibility index (Phi) is 5.75. The first-order valence-electron chi connectivity index (χ1n) is 7.18. The highest BCUT2D eigenvalue weighted by atomic mass is 19.1. The predicted molar refractivity (Wildman–Crippen MR) is 82.1 cm³/mol. The van der Waals surface area contributed by atoms with Crippen LogP contribution in [0.2, 0.25) is 0 Å². The molecule has 0 aliphatic heterocycles. The first kappa shape index (κ1) is 16.3. The van der Waals surface area contributed by atoms with E-state index in [0.717, 1.165) is 11.1 Å². The standard InChI is InChI=1S/C17H20FNO3/c1-2-22-16-5-3-4-13(17(16)21)10-19-9-12-6-7-15(18)14(8-12)11-20/h3-8,19-21H,2,9-11H2,1H3. The summed E-state index contributed by atoms with van der Waals surface area (Å²) in [6.07, 6.45) is 0. The van der Waals surface area contributed by atoms with Crippen LogP contribution in [0.4, 0.5) is 4.39 Å². The predicted octanol–water partition coefficient (Wildman–Crippen LogP) is 2.71. The van der Waals surface area contributed by atoms with Gasteiger partial charge in [0.25, 0.3) is 0 Å². The second kappa shape index (κ2) is 7.77. The third-order valence-corrected chi connectivity index (χ3v) is 3.31. The molecular formula is C17H20FNO3. The van der Waals surface area contributed by atoms with Crippen molar-refractivity contribution in [3.63, 3.8) is 0 Å². The normalized spacial score (nSPS) is 10.7. The minimum atomic E-state index is -0.409.